The second-order valence-corrected chi connectivity index (χ2v) is 4.06. The molecule has 0 bridgehead atoms. The Morgan fingerprint density at radius 2 is 2.43 bits per heavy atom. The van der Waals surface area contributed by atoms with Crippen molar-refractivity contribution in [3.63, 3.8) is 0 Å². The van der Waals surface area contributed by atoms with Gasteiger partial charge in [-0.15, -0.1) is 11.3 Å². The van der Waals surface area contributed by atoms with Gasteiger partial charge in [0.1, 0.15) is 0 Å². The maximum Gasteiger partial charge on any atom is 0.303 e. The van der Waals surface area contributed by atoms with Crippen LogP contribution in [0.25, 0.3) is 0 Å². The summed E-state index contributed by atoms with van der Waals surface area (Å²) in [6, 6.07) is 0. The molecule has 0 aromatic carbocycles. The van der Waals surface area contributed by atoms with Crippen molar-refractivity contribution in [1.29, 1.82) is 0 Å². The Hall–Kier alpha value is -0.940. The minimum absolute atomic E-state index is 0.173. The maximum absolute atomic E-state index is 10.3. The van der Waals surface area contributed by atoms with Crippen molar-refractivity contribution in [3.8, 4) is 0 Å². The van der Waals surface area contributed by atoms with Crippen LogP contribution in [0.1, 0.15) is 16.3 Å². The van der Waals surface area contributed by atoms with Crippen LogP contribution < -0.4 is 0 Å². The number of aryl methyl sites for hydroxylation is 1. The second-order valence-electron chi connectivity index (χ2n) is 2.86. The fourth-order valence-electron chi connectivity index (χ4n) is 0.999. The van der Waals surface area contributed by atoms with E-state index in [1.807, 2.05) is 0 Å². The van der Waals surface area contributed by atoms with Gasteiger partial charge in [0, 0.05) is 24.6 Å². The van der Waals surface area contributed by atoms with Gasteiger partial charge in [0.15, 0.2) is 0 Å². The van der Waals surface area contributed by atoms with Crippen molar-refractivity contribution < 1.29 is 14.6 Å². The maximum atomic E-state index is 10.3. The zero-order valence-electron chi connectivity index (χ0n) is 8.02. The highest BCUT2D eigenvalue weighted by atomic mass is 32.1. The van der Waals surface area contributed by atoms with Gasteiger partial charge in [0.25, 0.3) is 0 Å². The molecule has 1 heterocycles. The van der Waals surface area contributed by atoms with Crippen LogP contribution >= 0.6 is 11.3 Å². The number of aliphatic carboxylic acids is 1. The average Bonchev–Trinajstić information content (AvgIpc) is 2.59. The highest BCUT2D eigenvalue weighted by Crippen LogP contribution is 2.15. The molecule has 0 unspecified atom stereocenters. The van der Waals surface area contributed by atoms with E-state index in [2.05, 4.69) is 4.98 Å². The molecular formula is C9H13NO3S. The van der Waals surface area contributed by atoms with Gasteiger partial charge in [-0.05, 0) is 6.42 Å². The van der Waals surface area contributed by atoms with Gasteiger partial charge in [0.05, 0.1) is 18.0 Å². The van der Waals surface area contributed by atoms with Gasteiger partial charge < -0.3 is 9.84 Å². The van der Waals surface area contributed by atoms with Gasteiger partial charge in [-0.25, -0.2) is 4.98 Å². The normalized spacial score (nSPS) is 10.4. The van der Waals surface area contributed by atoms with E-state index in [9.17, 15) is 4.79 Å². The lowest BCUT2D eigenvalue weighted by Crippen LogP contribution is -1.95. The summed E-state index contributed by atoms with van der Waals surface area (Å²) in [6.45, 7) is 0.659. The minimum atomic E-state index is -0.767. The largest absolute Gasteiger partial charge is 0.481 e. The van der Waals surface area contributed by atoms with Crippen molar-refractivity contribution in [1.82, 2.24) is 4.98 Å². The summed E-state index contributed by atoms with van der Waals surface area (Å²) in [5, 5.41) is 9.49. The van der Waals surface area contributed by atoms with E-state index in [1.165, 1.54) is 0 Å². The molecule has 0 amide bonds. The molecule has 0 aliphatic heterocycles. The summed E-state index contributed by atoms with van der Waals surface area (Å²) in [5.74, 6) is -0.767. The third kappa shape index (κ3) is 3.85. The van der Waals surface area contributed by atoms with E-state index in [-0.39, 0.29) is 6.42 Å². The monoisotopic (exact) mass is 215 g/mol. The van der Waals surface area contributed by atoms with Crippen molar-refractivity contribution in [2.75, 3.05) is 13.7 Å². The van der Waals surface area contributed by atoms with E-state index in [4.69, 9.17) is 9.84 Å². The molecule has 14 heavy (non-hydrogen) atoms. The Morgan fingerprint density at radius 3 is 3.07 bits per heavy atom. The number of nitrogens with zero attached hydrogens (tertiary/aromatic N) is 1. The van der Waals surface area contributed by atoms with Gasteiger partial charge in [0.2, 0.25) is 0 Å². The molecule has 5 heteroatoms. The van der Waals surface area contributed by atoms with Crippen LogP contribution in [0.2, 0.25) is 0 Å². The number of ether oxygens (including phenoxy) is 1. The predicted octanol–water partition coefficient (Wildman–Crippen LogP) is 1.35. The molecule has 0 saturated heterocycles. The molecule has 0 fully saturated rings. The molecule has 0 saturated carbocycles. The zero-order valence-corrected chi connectivity index (χ0v) is 8.84. The minimum Gasteiger partial charge on any atom is -0.481 e. The number of hydrogen-bond acceptors (Lipinski definition) is 4. The Morgan fingerprint density at radius 1 is 1.64 bits per heavy atom. The topological polar surface area (TPSA) is 59.4 Å². The van der Waals surface area contributed by atoms with Gasteiger partial charge in [-0.1, -0.05) is 0 Å². The zero-order chi connectivity index (χ0) is 10.4. The number of hydrogen-bond donors (Lipinski definition) is 1. The smallest absolute Gasteiger partial charge is 0.303 e. The van der Waals surface area contributed by atoms with Crippen LogP contribution in [0.5, 0.6) is 0 Å². The summed E-state index contributed by atoms with van der Waals surface area (Å²) >= 11 is 1.56. The van der Waals surface area contributed by atoms with Crippen LogP contribution in [0.4, 0.5) is 0 Å². The second kappa shape index (κ2) is 5.72. The number of aromatic nitrogens is 1. The number of methoxy groups -OCH3 is 1. The van der Waals surface area contributed by atoms with Crippen LogP contribution in [0, 0.1) is 0 Å². The third-order valence-corrected chi connectivity index (χ3v) is 2.82. The molecule has 1 aromatic rings. The van der Waals surface area contributed by atoms with E-state index < -0.39 is 5.97 Å². The van der Waals surface area contributed by atoms with Crippen LogP contribution in [0.15, 0.2) is 6.20 Å². The molecule has 0 aliphatic rings. The Kier molecular flexibility index (Phi) is 4.55. The summed E-state index contributed by atoms with van der Waals surface area (Å²) < 4.78 is 4.93. The van der Waals surface area contributed by atoms with Crippen molar-refractivity contribution in [2.24, 2.45) is 0 Å². The molecular weight excluding hydrogens is 202 g/mol. The van der Waals surface area contributed by atoms with E-state index in [0.717, 1.165) is 16.3 Å². The first-order valence-electron chi connectivity index (χ1n) is 4.36. The molecule has 78 valence electrons. The highest BCUT2D eigenvalue weighted by molar-refractivity contribution is 7.11. The number of carbonyl (C=O) groups is 1. The lowest BCUT2D eigenvalue weighted by Gasteiger charge is -1.93. The summed E-state index contributed by atoms with van der Waals surface area (Å²) in [4.78, 5) is 15.5. The highest BCUT2D eigenvalue weighted by Gasteiger charge is 2.04. The molecule has 0 aliphatic carbocycles. The lowest BCUT2D eigenvalue weighted by atomic mass is 10.3. The van der Waals surface area contributed by atoms with E-state index in [1.54, 1.807) is 24.6 Å². The standard InChI is InChI=1S/C9H13NO3S/c1-13-5-4-8-10-6-7(14-8)2-3-9(11)12/h6H,2-5H2,1H3,(H,11,12). The number of thiazole rings is 1. The van der Waals surface area contributed by atoms with E-state index in [0.29, 0.717) is 13.0 Å². The molecule has 0 spiro atoms. The molecule has 1 rings (SSSR count). The van der Waals surface area contributed by atoms with Crippen molar-refractivity contribution >= 4 is 17.3 Å². The lowest BCUT2D eigenvalue weighted by molar-refractivity contribution is -0.136. The van der Waals surface area contributed by atoms with Crippen LogP contribution in [0.3, 0.4) is 0 Å². The molecule has 0 atom stereocenters. The fraction of sp³-hybridized carbons (Fsp3) is 0.556. The van der Waals surface area contributed by atoms with E-state index >= 15 is 0 Å². The molecule has 0 radical (unpaired) electrons. The summed E-state index contributed by atoms with van der Waals surface area (Å²) in [5.41, 5.74) is 0. The number of rotatable bonds is 6. The fourth-order valence-corrected chi connectivity index (χ4v) is 1.90. The molecule has 1 aromatic heterocycles. The van der Waals surface area contributed by atoms with Crippen LogP contribution in [-0.2, 0) is 22.4 Å². The quantitative estimate of drug-likeness (QED) is 0.778. The molecule has 1 N–H and O–H groups in total. The van der Waals surface area contributed by atoms with Gasteiger partial charge >= 0.3 is 5.97 Å². The Balaban J connectivity index is 2.38. The predicted molar refractivity (Wildman–Crippen MR) is 53.7 cm³/mol. The number of carboxylic acids is 1. The average molecular weight is 215 g/mol. The first-order chi connectivity index (χ1) is 6.72. The van der Waals surface area contributed by atoms with Gasteiger partial charge in [-0.2, -0.15) is 0 Å². The SMILES string of the molecule is COCCc1ncc(CCC(=O)O)s1. The Labute approximate surface area is 86.6 Å². The molecule has 4 nitrogen and oxygen atoms in total. The van der Waals surface area contributed by atoms with Crippen LogP contribution in [-0.4, -0.2) is 29.8 Å². The number of carboxylic acid groups (broad SMARTS) is 1. The Bertz CT molecular complexity index is 298. The van der Waals surface area contributed by atoms with Crippen molar-refractivity contribution in [3.05, 3.63) is 16.1 Å². The summed E-state index contributed by atoms with van der Waals surface area (Å²) in [7, 11) is 1.65. The third-order valence-electron chi connectivity index (χ3n) is 1.71. The first-order valence-corrected chi connectivity index (χ1v) is 5.18. The van der Waals surface area contributed by atoms with Crippen molar-refractivity contribution in [2.45, 2.75) is 19.3 Å². The first kappa shape index (κ1) is 11.1. The van der Waals surface area contributed by atoms with Gasteiger partial charge in [-0.3, -0.25) is 4.79 Å². The summed E-state index contributed by atoms with van der Waals surface area (Å²) in [6.07, 6.45) is 3.29.